The van der Waals surface area contributed by atoms with Crippen molar-refractivity contribution in [2.75, 3.05) is 13.1 Å². The number of hydrogen-bond donors (Lipinski definition) is 1. The topological polar surface area (TPSA) is 29.9 Å². The van der Waals surface area contributed by atoms with E-state index in [9.17, 15) is 13.2 Å². The molecule has 0 bridgehead atoms. The van der Waals surface area contributed by atoms with E-state index in [1.807, 2.05) is 0 Å². The molecule has 0 radical (unpaired) electrons. The van der Waals surface area contributed by atoms with Gasteiger partial charge in [0, 0.05) is 19.3 Å². The molecule has 16 heavy (non-hydrogen) atoms. The summed E-state index contributed by atoms with van der Waals surface area (Å²) >= 11 is 0. The highest BCUT2D eigenvalue weighted by molar-refractivity contribution is 5.08. The number of nitrogens with one attached hydrogen (secondary N) is 1. The Balaban J connectivity index is 2.60. The molecule has 0 fully saturated rings. The van der Waals surface area contributed by atoms with Crippen molar-refractivity contribution in [3.05, 3.63) is 30.6 Å². The molecule has 90 valence electrons. The van der Waals surface area contributed by atoms with E-state index >= 15 is 0 Å². The Hall–Kier alpha value is -1.30. The average molecular weight is 233 g/mol. The zero-order chi connectivity index (χ0) is 12.2. The molecule has 1 heterocycles. The van der Waals surface area contributed by atoms with E-state index in [4.69, 9.17) is 0 Å². The van der Waals surface area contributed by atoms with Gasteiger partial charge in [0.1, 0.15) is 0 Å². The SMILES string of the molecule is C=CCNCC(C)n1cc(C(F)(F)F)cn1. The van der Waals surface area contributed by atoms with Crippen LogP contribution in [0, 0.1) is 0 Å². The predicted molar refractivity (Wildman–Crippen MR) is 55.0 cm³/mol. The van der Waals surface area contributed by atoms with Crippen molar-refractivity contribution < 1.29 is 13.2 Å². The second-order valence-corrected chi connectivity index (χ2v) is 3.50. The molecule has 1 unspecified atom stereocenters. The van der Waals surface area contributed by atoms with Gasteiger partial charge in [-0.25, -0.2) is 0 Å². The first kappa shape index (κ1) is 12.8. The van der Waals surface area contributed by atoms with Crippen LogP contribution in [-0.2, 0) is 6.18 Å². The number of hydrogen-bond acceptors (Lipinski definition) is 2. The zero-order valence-electron chi connectivity index (χ0n) is 8.96. The van der Waals surface area contributed by atoms with Crippen molar-refractivity contribution in [2.45, 2.75) is 19.1 Å². The van der Waals surface area contributed by atoms with Crippen molar-refractivity contribution in [3.8, 4) is 0 Å². The van der Waals surface area contributed by atoms with Gasteiger partial charge in [-0.2, -0.15) is 18.3 Å². The third-order valence-corrected chi connectivity index (χ3v) is 2.11. The fourth-order valence-corrected chi connectivity index (χ4v) is 1.21. The van der Waals surface area contributed by atoms with Crippen LogP contribution in [0.25, 0.3) is 0 Å². The van der Waals surface area contributed by atoms with Crippen molar-refractivity contribution in [1.82, 2.24) is 15.1 Å². The van der Waals surface area contributed by atoms with Gasteiger partial charge >= 0.3 is 6.18 Å². The first-order chi connectivity index (χ1) is 7.45. The third kappa shape index (κ3) is 3.37. The highest BCUT2D eigenvalue weighted by atomic mass is 19.4. The molecule has 1 aromatic heterocycles. The van der Waals surface area contributed by atoms with Crippen LogP contribution < -0.4 is 5.32 Å². The molecule has 0 saturated carbocycles. The molecule has 3 nitrogen and oxygen atoms in total. The summed E-state index contributed by atoms with van der Waals surface area (Å²) in [4.78, 5) is 0. The maximum Gasteiger partial charge on any atom is 0.419 e. The lowest BCUT2D eigenvalue weighted by atomic mass is 10.3. The van der Waals surface area contributed by atoms with Gasteiger partial charge in [0.2, 0.25) is 0 Å². The van der Waals surface area contributed by atoms with E-state index in [1.54, 1.807) is 13.0 Å². The average Bonchev–Trinajstić information content (AvgIpc) is 2.66. The van der Waals surface area contributed by atoms with Gasteiger partial charge < -0.3 is 5.32 Å². The quantitative estimate of drug-likeness (QED) is 0.624. The summed E-state index contributed by atoms with van der Waals surface area (Å²) in [5.41, 5.74) is -0.719. The van der Waals surface area contributed by atoms with Gasteiger partial charge in [-0.15, -0.1) is 6.58 Å². The lowest BCUT2D eigenvalue weighted by Gasteiger charge is -2.12. The molecule has 1 rings (SSSR count). The molecule has 0 saturated heterocycles. The molecule has 0 amide bonds. The van der Waals surface area contributed by atoms with Gasteiger partial charge in [-0.3, -0.25) is 4.68 Å². The third-order valence-electron chi connectivity index (χ3n) is 2.11. The second kappa shape index (κ2) is 5.16. The normalized spacial score (nSPS) is 13.8. The van der Waals surface area contributed by atoms with E-state index in [2.05, 4.69) is 17.0 Å². The van der Waals surface area contributed by atoms with Crippen LogP contribution in [0.3, 0.4) is 0 Å². The van der Waals surface area contributed by atoms with Crippen LogP contribution in [0.1, 0.15) is 18.5 Å². The van der Waals surface area contributed by atoms with Crippen molar-refractivity contribution in [2.24, 2.45) is 0 Å². The first-order valence-corrected chi connectivity index (χ1v) is 4.88. The minimum Gasteiger partial charge on any atom is -0.311 e. The summed E-state index contributed by atoms with van der Waals surface area (Å²) < 4.78 is 38.2. The van der Waals surface area contributed by atoms with E-state index < -0.39 is 11.7 Å². The van der Waals surface area contributed by atoms with Crippen molar-refractivity contribution in [1.29, 1.82) is 0 Å². The Labute approximate surface area is 92.0 Å². The van der Waals surface area contributed by atoms with Crippen LogP contribution >= 0.6 is 0 Å². The zero-order valence-corrected chi connectivity index (χ0v) is 8.96. The van der Waals surface area contributed by atoms with Crippen LogP contribution in [-0.4, -0.2) is 22.9 Å². The lowest BCUT2D eigenvalue weighted by molar-refractivity contribution is -0.137. The number of nitrogens with zero attached hydrogens (tertiary/aromatic N) is 2. The van der Waals surface area contributed by atoms with Crippen LogP contribution in [0.2, 0.25) is 0 Å². The van der Waals surface area contributed by atoms with Gasteiger partial charge in [0.15, 0.2) is 0 Å². The van der Waals surface area contributed by atoms with E-state index in [1.165, 1.54) is 4.68 Å². The number of rotatable bonds is 5. The molecule has 0 aliphatic heterocycles. The summed E-state index contributed by atoms with van der Waals surface area (Å²) in [5.74, 6) is 0. The molecule has 1 aromatic rings. The Morgan fingerprint density at radius 3 is 2.81 bits per heavy atom. The van der Waals surface area contributed by atoms with Crippen LogP contribution in [0.5, 0.6) is 0 Å². The highest BCUT2D eigenvalue weighted by Crippen LogP contribution is 2.28. The largest absolute Gasteiger partial charge is 0.419 e. The fourth-order valence-electron chi connectivity index (χ4n) is 1.21. The summed E-state index contributed by atoms with van der Waals surface area (Å²) in [7, 11) is 0. The monoisotopic (exact) mass is 233 g/mol. The number of aromatic nitrogens is 2. The Bertz CT molecular complexity index is 343. The molecule has 0 aliphatic carbocycles. The van der Waals surface area contributed by atoms with Gasteiger partial charge in [-0.05, 0) is 6.92 Å². The van der Waals surface area contributed by atoms with Gasteiger partial charge in [0.05, 0.1) is 17.8 Å². The number of halogens is 3. The van der Waals surface area contributed by atoms with Gasteiger partial charge in [0.25, 0.3) is 0 Å². The Morgan fingerprint density at radius 2 is 2.31 bits per heavy atom. The van der Waals surface area contributed by atoms with E-state index in [0.29, 0.717) is 13.1 Å². The maximum atomic E-state index is 12.3. The smallest absolute Gasteiger partial charge is 0.311 e. The van der Waals surface area contributed by atoms with Crippen LogP contribution in [0.15, 0.2) is 25.0 Å². The molecular formula is C10H14F3N3. The van der Waals surface area contributed by atoms with Crippen molar-refractivity contribution >= 4 is 0 Å². The molecule has 0 spiro atoms. The number of alkyl halides is 3. The Kier molecular flexibility index (Phi) is 4.12. The molecular weight excluding hydrogens is 219 g/mol. The van der Waals surface area contributed by atoms with E-state index in [-0.39, 0.29) is 6.04 Å². The maximum absolute atomic E-state index is 12.3. The second-order valence-electron chi connectivity index (χ2n) is 3.50. The highest BCUT2D eigenvalue weighted by Gasteiger charge is 2.32. The minimum absolute atomic E-state index is 0.129. The summed E-state index contributed by atoms with van der Waals surface area (Å²) in [6, 6.07) is -0.129. The van der Waals surface area contributed by atoms with Crippen LogP contribution in [0.4, 0.5) is 13.2 Å². The molecule has 1 N–H and O–H groups in total. The fraction of sp³-hybridized carbons (Fsp3) is 0.500. The lowest BCUT2D eigenvalue weighted by Crippen LogP contribution is -2.23. The van der Waals surface area contributed by atoms with E-state index in [0.717, 1.165) is 12.4 Å². The summed E-state index contributed by atoms with van der Waals surface area (Å²) in [6.07, 6.45) is -0.784. The Morgan fingerprint density at radius 1 is 1.62 bits per heavy atom. The molecule has 6 heteroatoms. The molecule has 1 atom stereocenters. The van der Waals surface area contributed by atoms with Crippen molar-refractivity contribution in [3.63, 3.8) is 0 Å². The standard InChI is InChI=1S/C10H14F3N3/c1-3-4-14-5-8(2)16-7-9(6-15-16)10(11,12)13/h3,6-8,14H,1,4-5H2,2H3. The summed E-state index contributed by atoms with van der Waals surface area (Å²) in [5, 5.41) is 6.71. The predicted octanol–water partition coefficient (Wildman–Crippen LogP) is 2.24. The first-order valence-electron chi connectivity index (χ1n) is 4.88. The minimum atomic E-state index is -4.33. The molecule has 0 aromatic carbocycles. The van der Waals surface area contributed by atoms with Gasteiger partial charge in [-0.1, -0.05) is 6.08 Å². The molecule has 0 aliphatic rings. The summed E-state index contributed by atoms with van der Waals surface area (Å²) in [6.45, 7) is 6.50.